The molecule has 0 saturated carbocycles. The van der Waals surface area contributed by atoms with Crippen molar-refractivity contribution in [1.82, 2.24) is 0 Å². The summed E-state index contributed by atoms with van der Waals surface area (Å²) in [6, 6.07) is 7.65. The molecule has 0 aromatic heterocycles. The van der Waals surface area contributed by atoms with Crippen LogP contribution in [-0.4, -0.2) is 35.8 Å². The first-order valence-corrected chi connectivity index (χ1v) is 6.59. The van der Waals surface area contributed by atoms with Crippen LogP contribution in [0.5, 0.6) is 0 Å². The van der Waals surface area contributed by atoms with Gasteiger partial charge in [-0.2, -0.15) is 0 Å². The Balaban J connectivity index is 2.75. The molecule has 4 heteroatoms. The topological polar surface area (TPSA) is 40.5 Å². The number of aliphatic hydroxyl groups is 2. The van der Waals surface area contributed by atoms with Crippen molar-refractivity contribution in [2.24, 2.45) is 0 Å². The summed E-state index contributed by atoms with van der Waals surface area (Å²) in [5.74, 6) is 0. The first-order valence-electron chi connectivity index (χ1n) is 4.50. The Morgan fingerprint density at radius 3 is 2.29 bits per heavy atom. The van der Waals surface area contributed by atoms with Gasteiger partial charge >= 0.3 is 0 Å². The Morgan fingerprint density at radius 2 is 1.79 bits per heavy atom. The Kier molecular flexibility index (Phi) is 5.42. The molecule has 0 aliphatic carbocycles. The molecular weight excluding hydrogens is 219 g/mol. The van der Waals surface area contributed by atoms with Gasteiger partial charge in [0, 0.05) is 18.2 Å². The summed E-state index contributed by atoms with van der Waals surface area (Å²) in [4.78, 5) is 0. The molecule has 0 radical (unpaired) electrons. The van der Waals surface area contributed by atoms with Gasteiger partial charge < -0.3 is 10.2 Å². The van der Waals surface area contributed by atoms with Gasteiger partial charge in [0.05, 0.1) is 0 Å². The Hall–Kier alpha value is -0.140. The molecule has 0 heterocycles. The quantitative estimate of drug-likeness (QED) is 0.754. The van der Waals surface area contributed by atoms with Crippen LogP contribution in [-0.2, 0) is 0 Å². The number of benzene rings is 1. The molecule has 1 aromatic carbocycles. The minimum absolute atomic E-state index is 0.165. The molecule has 0 aliphatic rings. The van der Waals surface area contributed by atoms with E-state index in [2.05, 4.69) is 0 Å². The minimum atomic E-state index is -0.457. The fraction of sp³-hybridized carbons (Fsp3) is 0.400. The fourth-order valence-corrected chi connectivity index (χ4v) is 3.39. The largest absolute Gasteiger partial charge is 0.396 e. The maximum absolute atomic E-state index is 8.90. The van der Waals surface area contributed by atoms with E-state index in [9.17, 15) is 0 Å². The van der Waals surface area contributed by atoms with Crippen molar-refractivity contribution in [2.45, 2.75) is 0 Å². The van der Waals surface area contributed by atoms with Gasteiger partial charge in [-0.25, -0.2) is 0 Å². The minimum Gasteiger partial charge on any atom is -0.396 e. The summed E-state index contributed by atoms with van der Waals surface area (Å²) in [6.07, 6.45) is 1.46. The third kappa shape index (κ3) is 3.55. The molecule has 0 spiro atoms. The molecule has 0 saturated heterocycles. The van der Waals surface area contributed by atoms with E-state index in [1.807, 2.05) is 24.3 Å². The van der Waals surface area contributed by atoms with Gasteiger partial charge in [-0.3, -0.25) is 0 Å². The zero-order chi connectivity index (χ0) is 10.4. The first kappa shape index (κ1) is 11.9. The lowest BCUT2D eigenvalue weighted by atomic mass is 10.4. The van der Waals surface area contributed by atoms with Gasteiger partial charge in [0.15, 0.2) is 0 Å². The number of halogens is 1. The lowest BCUT2D eigenvalue weighted by Crippen LogP contribution is -2.10. The van der Waals surface area contributed by atoms with E-state index in [1.54, 1.807) is 0 Å². The van der Waals surface area contributed by atoms with Crippen molar-refractivity contribution >= 4 is 24.8 Å². The SMILES string of the molecule is OCCP(CCO)c1cccc(Cl)c1. The lowest BCUT2D eigenvalue weighted by Gasteiger charge is -2.15. The van der Waals surface area contributed by atoms with Gasteiger partial charge in [-0.05, 0) is 29.8 Å². The predicted octanol–water partition coefficient (Wildman–Crippen LogP) is 1.43. The van der Waals surface area contributed by atoms with Crippen molar-refractivity contribution in [3.8, 4) is 0 Å². The number of rotatable bonds is 5. The summed E-state index contributed by atoms with van der Waals surface area (Å²) in [6.45, 7) is 0.330. The number of hydrogen-bond acceptors (Lipinski definition) is 2. The van der Waals surface area contributed by atoms with Crippen LogP contribution in [0.3, 0.4) is 0 Å². The molecule has 1 aromatic rings. The lowest BCUT2D eigenvalue weighted by molar-refractivity contribution is 0.316. The van der Waals surface area contributed by atoms with Crippen molar-refractivity contribution in [1.29, 1.82) is 0 Å². The molecule has 0 bridgehead atoms. The smallest absolute Gasteiger partial charge is 0.0473 e. The van der Waals surface area contributed by atoms with Gasteiger partial charge in [0.2, 0.25) is 0 Å². The van der Waals surface area contributed by atoms with Gasteiger partial charge in [0.25, 0.3) is 0 Å². The van der Waals surface area contributed by atoms with E-state index < -0.39 is 7.92 Å². The Morgan fingerprint density at radius 1 is 1.14 bits per heavy atom. The molecule has 2 nitrogen and oxygen atoms in total. The number of hydrogen-bond donors (Lipinski definition) is 2. The third-order valence-corrected chi connectivity index (χ3v) is 4.64. The summed E-state index contributed by atoms with van der Waals surface area (Å²) in [7, 11) is -0.457. The van der Waals surface area contributed by atoms with Crippen molar-refractivity contribution in [2.75, 3.05) is 25.5 Å². The monoisotopic (exact) mass is 232 g/mol. The third-order valence-electron chi connectivity index (χ3n) is 1.91. The fourth-order valence-electron chi connectivity index (χ4n) is 1.28. The maximum Gasteiger partial charge on any atom is 0.0473 e. The van der Waals surface area contributed by atoms with Crippen molar-refractivity contribution < 1.29 is 10.2 Å². The van der Waals surface area contributed by atoms with E-state index in [0.717, 1.165) is 17.6 Å². The van der Waals surface area contributed by atoms with Crippen LogP contribution in [0, 0.1) is 0 Å². The van der Waals surface area contributed by atoms with Gasteiger partial charge in [-0.1, -0.05) is 31.7 Å². The van der Waals surface area contributed by atoms with E-state index in [1.165, 1.54) is 0 Å². The molecule has 0 unspecified atom stereocenters. The van der Waals surface area contributed by atoms with Crippen LogP contribution < -0.4 is 5.30 Å². The van der Waals surface area contributed by atoms with E-state index in [-0.39, 0.29) is 13.2 Å². The van der Waals surface area contributed by atoms with Gasteiger partial charge in [0.1, 0.15) is 0 Å². The van der Waals surface area contributed by atoms with Crippen molar-refractivity contribution in [3.05, 3.63) is 29.3 Å². The molecule has 0 atom stereocenters. The highest BCUT2D eigenvalue weighted by atomic mass is 35.5. The molecule has 14 heavy (non-hydrogen) atoms. The molecule has 78 valence electrons. The highest BCUT2D eigenvalue weighted by Gasteiger charge is 2.09. The molecular formula is C10H14ClO2P. The zero-order valence-corrected chi connectivity index (χ0v) is 9.51. The Labute approximate surface area is 90.3 Å². The van der Waals surface area contributed by atoms with Gasteiger partial charge in [-0.15, -0.1) is 0 Å². The zero-order valence-electron chi connectivity index (χ0n) is 7.86. The van der Waals surface area contributed by atoms with E-state index in [4.69, 9.17) is 21.8 Å². The summed E-state index contributed by atoms with van der Waals surface area (Å²) in [5, 5.41) is 19.7. The average molecular weight is 233 g/mol. The van der Waals surface area contributed by atoms with Crippen molar-refractivity contribution in [3.63, 3.8) is 0 Å². The molecule has 1 rings (SSSR count). The molecule has 0 fully saturated rings. The summed E-state index contributed by atoms with van der Waals surface area (Å²) < 4.78 is 0. The second-order valence-electron chi connectivity index (χ2n) is 2.91. The second-order valence-corrected chi connectivity index (χ2v) is 5.84. The van der Waals surface area contributed by atoms with Crippen LogP contribution in [0.25, 0.3) is 0 Å². The summed E-state index contributed by atoms with van der Waals surface area (Å²) >= 11 is 5.87. The summed E-state index contributed by atoms with van der Waals surface area (Å²) in [5.41, 5.74) is 0. The van der Waals surface area contributed by atoms with Crippen LogP contribution in [0.15, 0.2) is 24.3 Å². The standard InChI is InChI=1S/C10H14ClO2P/c11-9-2-1-3-10(8-9)14(6-4-12)7-5-13/h1-3,8,12-13H,4-7H2. The van der Waals surface area contributed by atoms with E-state index in [0.29, 0.717) is 5.02 Å². The van der Waals surface area contributed by atoms with Crippen LogP contribution in [0.1, 0.15) is 0 Å². The highest BCUT2D eigenvalue weighted by Crippen LogP contribution is 2.33. The average Bonchev–Trinajstić information content (AvgIpc) is 2.17. The molecule has 0 aliphatic heterocycles. The number of aliphatic hydroxyl groups excluding tert-OH is 2. The van der Waals surface area contributed by atoms with Crippen LogP contribution in [0.4, 0.5) is 0 Å². The normalized spacial score (nSPS) is 10.9. The van der Waals surface area contributed by atoms with Crippen LogP contribution >= 0.6 is 19.5 Å². The van der Waals surface area contributed by atoms with E-state index >= 15 is 0 Å². The first-order chi connectivity index (χ1) is 6.77. The predicted molar refractivity (Wildman–Crippen MR) is 61.9 cm³/mol. The van der Waals surface area contributed by atoms with Crippen LogP contribution in [0.2, 0.25) is 5.02 Å². The molecule has 2 N–H and O–H groups in total. The molecule has 0 amide bonds. The second kappa shape index (κ2) is 6.36. The highest BCUT2D eigenvalue weighted by molar-refractivity contribution is 7.65. The maximum atomic E-state index is 8.90. The Bertz CT molecular complexity index is 275.